The van der Waals surface area contributed by atoms with Crippen molar-refractivity contribution in [1.82, 2.24) is 14.8 Å². The van der Waals surface area contributed by atoms with E-state index in [1.807, 2.05) is 6.92 Å². The Balaban J connectivity index is 2.65. The summed E-state index contributed by atoms with van der Waals surface area (Å²) in [6, 6.07) is 3.92. The van der Waals surface area contributed by atoms with Gasteiger partial charge in [0.25, 0.3) is 0 Å². The Hall–Kier alpha value is -1.86. The molecule has 0 aliphatic carbocycles. The largest absolute Gasteiger partial charge is 0.236 e. The fourth-order valence-electron chi connectivity index (χ4n) is 1.40. The van der Waals surface area contributed by atoms with Gasteiger partial charge < -0.3 is 0 Å². The first kappa shape index (κ1) is 10.7. The number of nitrogens with zero attached hydrogens (tertiary/aromatic N) is 4. The number of nitriles is 1. The third kappa shape index (κ3) is 1.66. The van der Waals surface area contributed by atoms with E-state index in [-0.39, 0.29) is 0 Å². The molecule has 0 amide bonds. The van der Waals surface area contributed by atoms with E-state index in [0.29, 0.717) is 22.1 Å². The summed E-state index contributed by atoms with van der Waals surface area (Å²) in [5, 5.41) is 13.8. The molecule has 0 N–H and O–H groups in total. The van der Waals surface area contributed by atoms with Gasteiger partial charge in [0, 0.05) is 6.20 Å². The minimum atomic E-state index is 0.512. The van der Waals surface area contributed by atoms with Crippen LogP contribution in [0.15, 0.2) is 18.5 Å². The molecule has 0 aromatic carbocycles. The van der Waals surface area contributed by atoms with Gasteiger partial charge in [-0.3, -0.25) is 0 Å². The summed E-state index contributed by atoms with van der Waals surface area (Å²) in [7, 11) is 0. The lowest BCUT2D eigenvalue weighted by atomic mass is 10.1. The highest BCUT2D eigenvalue weighted by atomic mass is 35.5. The van der Waals surface area contributed by atoms with Gasteiger partial charge in [-0.25, -0.2) is 9.67 Å². The Morgan fingerprint density at radius 1 is 1.44 bits per heavy atom. The summed E-state index contributed by atoms with van der Waals surface area (Å²) in [6.07, 6.45) is 3.30. The number of hydrogen-bond donors (Lipinski definition) is 0. The van der Waals surface area contributed by atoms with Gasteiger partial charge in [-0.15, -0.1) is 0 Å². The van der Waals surface area contributed by atoms with Crippen LogP contribution < -0.4 is 0 Å². The Kier molecular flexibility index (Phi) is 2.63. The van der Waals surface area contributed by atoms with Crippen molar-refractivity contribution < 1.29 is 0 Å². The molecule has 0 spiro atoms. The first-order valence-corrected chi connectivity index (χ1v) is 5.09. The fraction of sp³-hybridized carbons (Fsp3) is 0.182. The molecular weight excluding hydrogens is 224 g/mol. The molecule has 2 heterocycles. The summed E-state index contributed by atoms with van der Waals surface area (Å²) in [6.45, 7) is 3.67. The minimum Gasteiger partial charge on any atom is -0.236 e. The Bertz CT molecular complexity index is 561. The van der Waals surface area contributed by atoms with Gasteiger partial charge in [-0.2, -0.15) is 10.4 Å². The van der Waals surface area contributed by atoms with Crippen LogP contribution >= 0.6 is 11.6 Å². The van der Waals surface area contributed by atoms with E-state index in [0.717, 1.165) is 5.56 Å². The standard InChI is InChI=1S/C11H9ClN4/c1-7-3-4-14-11(9(7)5-13)16-6-10(12)8(2)15-16/h3-4,6H,1-2H3. The molecule has 16 heavy (non-hydrogen) atoms. The summed E-state index contributed by atoms with van der Waals surface area (Å²) >= 11 is 5.92. The predicted molar refractivity (Wildman–Crippen MR) is 60.6 cm³/mol. The van der Waals surface area contributed by atoms with E-state index < -0.39 is 0 Å². The lowest BCUT2D eigenvalue weighted by Gasteiger charge is -2.04. The summed E-state index contributed by atoms with van der Waals surface area (Å²) in [5.74, 6) is 0.512. The molecule has 0 bridgehead atoms. The number of halogens is 1. The second kappa shape index (κ2) is 3.95. The fourth-order valence-corrected chi connectivity index (χ4v) is 1.53. The SMILES string of the molecule is Cc1ccnc(-n2cc(Cl)c(C)n2)c1C#N. The first-order valence-electron chi connectivity index (χ1n) is 4.71. The molecule has 0 aliphatic rings. The van der Waals surface area contributed by atoms with Gasteiger partial charge in [0.05, 0.1) is 22.5 Å². The van der Waals surface area contributed by atoms with Crippen molar-refractivity contribution in [3.8, 4) is 11.9 Å². The van der Waals surface area contributed by atoms with Gasteiger partial charge in [-0.05, 0) is 25.5 Å². The quantitative estimate of drug-likeness (QED) is 0.759. The molecule has 0 saturated heterocycles. The molecule has 0 aliphatic heterocycles. The van der Waals surface area contributed by atoms with Crippen molar-refractivity contribution in [1.29, 1.82) is 5.26 Å². The number of aromatic nitrogens is 3. The van der Waals surface area contributed by atoms with Gasteiger partial charge in [0.2, 0.25) is 0 Å². The molecule has 2 aromatic heterocycles. The maximum absolute atomic E-state index is 9.07. The van der Waals surface area contributed by atoms with Crippen molar-refractivity contribution >= 4 is 11.6 Å². The summed E-state index contributed by atoms with van der Waals surface area (Å²) < 4.78 is 1.53. The van der Waals surface area contributed by atoms with E-state index >= 15 is 0 Å². The molecule has 2 rings (SSSR count). The van der Waals surface area contributed by atoms with Crippen molar-refractivity contribution in [2.24, 2.45) is 0 Å². The molecule has 0 atom stereocenters. The Morgan fingerprint density at radius 3 is 2.75 bits per heavy atom. The third-order valence-corrected chi connectivity index (χ3v) is 2.68. The molecule has 0 saturated carbocycles. The van der Waals surface area contributed by atoms with Crippen molar-refractivity contribution in [2.75, 3.05) is 0 Å². The lowest BCUT2D eigenvalue weighted by Crippen LogP contribution is -2.03. The van der Waals surface area contributed by atoms with Crippen LogP contribution in [0.2, 0.25) is 5.02 Å². The van der Waals surface area contributed by atoms with Crippen LogP contribution in [0.3, 0.4) is 0 Å². The monoisotopic (exact) mass is 232 g/mol. The van der Waals surface area contributed by atoms with Gasteiger partial charge in [0.1, 0.15) is 6.07 Å². The molecule has 0 fully saturated rings. The second-order valence-electron chi connectivity index (χ2n) is 3.45. The minimum absolute atomic E-state index is 0.512. The Labute approximate surface area is 98.1 Å². The molecule has 0 unspecified atom stereocenters. The normalized spacial score (nSPS) is 10.1. The summed E-state index contributed by atoms with van der Waals surface area (Å²) in [5.41, 5.74) is 2.10. The number of aryl methyl sites for hydroxylation is 2. The van der Waals surface area contributed by atoms with Crippen molar-refractivity contribution in [3.05, 3.63) is 40.3 Å². The number of hydrogen-bond acceptors (Lipinski definition) is 3. The molecule has 80 valence electrons. The molecule has 4 nitrogen and oxygen atoms in total. The second-order valence-corrected chi connectivity index (χ2v) is 3.85. The van der Waals surface area contributed by atoms with Gasteiger partial charge in [-0.1, -0.05) is 11.6 Å². The van der Waals surface area contributed by atoms with E-state index in [4.69, 9.17) is 16.9 Å². The van der Waals surface area contributed by atoms with E-state index in [9.17, 15) is 0 Å². The average molecular weight is 233 g/mol. The first-order chi connectivity index (χ1) is 7.63. The Morgan fingerprint density at radius 2 is 2.19 bits per heavy atom. The molecular formula is C11H9ClN4. The molecule has 0 radical (unpaired) electrons. The maximum atomic E-state index is 9.07. The van der Waals surface area contributed by atoms with E-state index in [1.165, 1.54) is 4.68 Å². The van der Waals surface area contributed by atoms with E-state index in [1.54, 1.807) is 25.4 Å². The summed E-state index contributed by atoms with van der Waals surface area (Å²) in [4.78, 5) is 4.15. The van der Waals surface area contributed by atoms with Gasteiger partial charge >= 0.3 is 0 Å². The smallest absolute Gasteiger partial charge is 0.171 e. The van der Waals surface area contributed by atoms with Crippen LogP contribution in [0.1, 0.15) is 16.8 Å². The number of rotatable bonds is 1. The van der Waals surface area contributed by atoms with Crippen LogP contribution in [-0.2, 0) is 0 Å². The van der Waals surface area contributed by atoms with Crippen LogP contribution in [0, 0.1) is 25.2 Å². The molecule has 2 aromatic rings. The zero-order valence-electron chi connectivity index (χ0n) is 8.90. The highest BCUT2D eigenvalue weighted by Gasteiger charge is 2.11. The van der Waals surface area contributed by atoms with Crippen LogP contribution in [0.4, 0.5) is 0 Å². The topological polar surface area (TPSA) is 54.5 Å². The predicted octanol–water partition coefficient (Wildman–Crippen LogP) is 2.41. The highest BCUT2D eigenvalue weighted by Crippen LogP contribution is 2.18. The van der Waals surface area contributed by atoms with Crippen molar-refractivity contribution in [2.45, 2.75) is 13.8 Å². The van der Waals surface area contributed by atoms with Crippen molar-refractivity contribution in [3.63, 3.8) is 0 Å². The van der Waals surface area contributed by atoms with Gasteiger partial charge in [0.15, 0.2) is 5.82 Å². The lowest BCUT2D eigenvalue weighted by molar-refractivity contribution is 0.827. The zero-order valence-corrected chi connectivity index (χ0v) is 9.65. The van der Waals surface area contributed by atoms with E-state index in [2.05, 4.69) is 16.2 Å². The third-order valence-electron chi connectivity index (χ3n) is 2.31. The highest BCUT2D eigenvalue weighted by molar-refractivity contribution is 6.31. The van der Waals surface area contributed by atoms with Crippen LogP contribution in [0.25, 0.3) is 5.82 Å². The zero-order chi connectivity index (χ0) is 11.7. The van der Waals surface area contributed by atoms with Crippen LogP contribution in [0.5, 0.6) is 0 Å². The number of pyridine rings is 1. The molecule has 5 heteroatoms. The van der Waals surface area contributed by atoms with Crippen LogP contribution in [-0.4, -0.2) is 14.8 Å². The average Bonchev–Trinajstić information content (AvgIpc) is 2.59. The maximum Gasteiger partial charge on any atom is 0.171 e.